The van der Waals surface area contributed by atoms with Gasteiger partial charge in [-0.15, -0.1) is 0 Å². The number of benzene rings is 2. The standard InChI is InChI=1S/C21H21N5O/c22-20-15-4-1-2-5-17(15)23-13-16(20)21-24-18-7-6-14(12-19(18)25-21)26-8-3-10-27-11-9-26/h1-2,4-7,12-13H,3,8-11H2,(H2,22,23)(H,24,25). The lowest BCUT2D eigenvalue weighted by molar-refractivity contribution is 0.152. The average molecular weight is 359 g/mol. The summed E-state index contributed by atoms with van der Waals surface area (Å²) in [5, 5.41) is 0.945. The number of aromatic amines is 1. The Kier molecular flexibility index (Phi) is 3.90. The zero-order chi connectivity index (χ0) is 18.2. The Balaban J connectivity index is 1.56. The first-order chi connectivity index (χ1) is 13.3. The van der Waals surface area contributed by atoms with Crippen molar-refractivity contribution in [1.82, 2.24) is 15.0 Å². The number of nitrogens with two attached hydrogens (primary N) is 1. The van der Waals surface area contributed by atoms with Crippen LogP contribution in [-0.2, 0) is 4.74 Å². The molecular weight excluding hydrogens is 338 g/mol. The first-order valence-electron chi connectivity index (χ1n) is 9.26. The zero-order valence-electron chi connectivity index (χ0n) is 15.0. The van der Waals surface area contributed by atoms with Gasteiger partial charge in [-0.2, -0.15) is 0 Å². The molecule has 5 rings (SSSR count). The monoisotopic (exact) mass is 359 g/mol. The normalized spacial score (nSPS) is 15.3. The van der Waals surface area contributed by atoms with Gasteiger partial charge < -0.3 is 20.4 Å². The van der Waals surface area contributed by atoms with E-state index in [0.29, 0.717) is 5.69 Å². The van der Waals surface area contributed by atoms with Crippen molar-refractivity contribution in [1.29, 1.82) is 0 Å². The van der Waals surface area contributed by atoms with Gasteiger partial charge in [-0.3, -0.25) is 4.98 Å². The Morgan fingerprint density at radius 3 is 2.93 bits per heavy atom. The second kappa shape index (κ2) is 6.55. The predicted molar refractivity (Wildman–Crippen MR) is 109 cm³/mol. The quantitative estimate of drug-likeness (QED) is 0.572. The zero-order valence-corrected chi connectivity index (χ0v) is 15.0. The summed E-state index contributed by atoms with van der Waals surface area (Å²) in [6.07, 6.45) is 2.84. The van der Waals surface area contributed by atoms with Crippen LogP contribution in [0, 0.1) is 0 Å². The Labute approximate surface area is 157 Å². The van der Waals surface area contributed by atoms with E-state index in [0.717, 1.165) is 66.0 Å². The molecule has 0 spiro atoms. The molecule has 0 amide bonds. The number of ether oxygens (including phenoxy) is 1. The van der Waals surface area contributed by atoms with E-state index in [9.17, 15) is 0 Å². The predicted octanol–water partition coefficient (Wildman–Crippen LogP) is 3.59. The molecule has 136 valence electrons. The minimum absolute atomic E-state index is 0.699. The van der Waals surface area contributed by atoms with E-state index in [2.05, 4.69) is 33.1 Å². The Bertz CT molecular complexity index is 1110. The molecule has 4 aromatic rings. The first kappa shape index (κ1) is 16.1. The highest BCUT2D eigenvalue weighted by molar-refractivity contribution is 5.97. The van der Waals surface area contributed by atoms with E-state index in [1.807, 2.05) is 24.3 Å². The number of nitrogen functional groups attached to an aromatic ring is 1. The molecule has 2 aromatic carbocycles. The smallest absolute Gasteiger partial charge is 0.142 e. The number of pyridine rings is 1. The van der Waals surface area contributed by atoms with Crippen LogP contribution < -0.4 is 10.6 Å². The molecular formula is C21H21N5O. The van der Waals surface area contributed by atoms with Crippen molar-refractivity contribution in [3.8, 4) is 11.4 Å². The number of hydrogen-bond acceptors (Lipinski definition) is 5. The molecule has 6 heteroatoms. The number of rotatable bonds is 2. The fourth-order valence-corrected chi connectivity index (χ4v) is 3.68. The van der Waals surface area contributed by atoms with Crippen LogP contribution in [0.5, 0.6) is 0 Å². The Morgan fingerprint density at radius 1 is 1.04 bits per heavy atom. The summed E-state index contributed by atoms with van der Waals surface area (Å²) in [4.78, 5) is 15.0. The molecule has 1 fully saturated rings. The molecule has 1 saturated heterocycles. The van der Waals surface area contributed by atoms with Crippen LogP contribution in [0.1, 0.15) is 6.42 Å². The highest BCUT2D eigenvalue weighted by Gasteiger charge is 2.14. The third-order valence-corrected chi connectivity index (χ3v) is 5.13. The largest absolute Gasteiger partial charge is 0.398 e. The molecule has 0 unspecified atom stereocenters. The van der Waals surface area contributed by atoms with Crippen molar-refractivity contribution in [2.45, 2.75) is 6.42 Å². The minimum Gasteiger partial charge on any atom is -0.398 e. The second-order valence-corrected chi connectivity index (χ2v) is 6.84. The number of H-pyrrole nitrogens is 1. The lowest BCUT2D eigenvalue weighted by Crippen LogP contribution is -2.25. The van der Waals surface area contributed by atoms with Crippen LogP contribution in [-0.4, -0.2) is 41.3 Å². The number of nitrogens with zero attached hydrogens (tertiary/aromatic N) is 3. The Morgan fingerprint density at radius 2 is 1.96 bits per heavy atom. The summed E-state index contributed by atoms with van der Waals surface area (Å²) >= 11 is 0. The van der Waals surface area contributed by atoms with Crippen LogP contribution in [0.3, 0.4) is 0 Å². The molecule has 2 aromatic heterocycles. The average Bonchev–Trinajstić information content (AvgIpc) is 2.93. The maximum Gasteiger partial charge on any atom is 0.142 e. The summed E-state index contributed by atoms with van der Waals surface area (Å²) in [5.74, 6) is 0.747. The van der Waals surface area contributed by atoms with Crippen LogP contribution in [0.15, 0.2) is 48.7 Å². The van der Waals surface area contributed by atoms with E-state index >= 15 is 0 Å². The van der Waals surface area contributed by atoms with Crippen molar-refractivity contribution >= 4 is 33.3 Å². The lowest BCUT2D eigenvalue weighted by atomic mass is 10.1. The number of nitrogens with one attached hydrogen (secondary N) is 1. The molecule has 6 nitrogen and oxygen atoms in total. The van der Waals surface area contributed by atoms with Gasteiger partial charge in [-0.25, -0.2) is 4.98 Å². The molecule has 0 atom stereocenters. The number of fused-ring (bicyclic) bond motifs is 2. The maximum absolute atomic E-state index is 6.41. The molecule has 1 aliphatic heterocycles. The van der Waals surface area contributed by atoms with Crippen molar-refractivity contribution < 1.29 is 4.74 Å². The topological polar surface area (TPSA) is 80.1 Å². The molecule has 1 aliphatic rings. The number of imidazole rings is 1. The van der Waals surface area contributed by atoms with Gasteiger partial charge >= 0.3 is 0 Å². The van der Waals surface area contributed by atoms with Crippen LogP contribution in [0.2, 0.25) is 0 Å². The molecule has 27 heavy (non-hydrogen) atoms. The van der Waals surface area contributed by atoms with Gasteiger partial charge in [0.05, 0.1) is 34.4 Å². The summed E-state index contributed by atoms with van der Waals surface area (Å²) < 4.78 is 5.56. The van der Waals surface area contributed by atoms with Crippen molar-refractivity contribution in [2.75, 3.05) is 36.9 Å². The number of para-hydroxylation sites is 1. The van der Waals surface area contributed by atoms with E-state index in [1.54, 1.807) is 6.20 Å². The lowest BCUT2D eigenvalue weighted by Gasteiger charge is -2.21. The first-order valence-corrected chi connectivity index (χ1v) is 9.26. The molecule has 0 aliphatic carbocycles. The minimum atomic E-state index is 0.699. The summed E-state index contributed by atoms with van der Waals surface area (Å²) in [7, 11) is 0. The molecule has 3 heterocycles. The summed E-state index contributed by atoms with van der Waals surface area (Å²) in [5.41, 5.74) is 11.9. The van der Waals surface area contributed by atoms with Gasteiger partial charge in [-0.05, 0) is 30.7 Å². The Hall–Kier alpha value is -3.12. The molecule has 0 bridgehead atoms. The number of hydrogen-bond donors (Lipinski definition) is 2. The third-order valence-electron chi connectivity index (χ3n) is 5.13. The summed E-state index contributed by atoms with van der Waals surface area (Å²) in [6, 6.07) is 14.2. The highest BCUT2D eigenvalue weighted by atomic mass is 16.5. The van der Waals surface area contributed by atoms with Crippen molar-refractivity contribution in [3.63, 3.8) is 0 Å². The maximum atomic E-state index is 6.41. The van der Waals surface area contributed by atoms with Crippen LogP contribution in [0.25, 0.3) is 33.3 Å². The van der Waals surface area contributed by atoms with Gasteiger partial charge in [0.25, 0.3) is 0 Å². The summed E-state index contributed by atoms with van der Waals surface area (Å²) in [6.45, 7) is 3.52. The van der Waals surface area contributed by atoms with E-state index < -0.39 is 0 Å². The van der Waals surface area contributed by atoms with E-state index in [1.165, 1.54) is 5.69 Å². The highest BCUT2D eigenvalue weighted by Crippen LogP contribution is 2.31. The fourth-order valence-electron chi connectivity index (χ4n) is 3.68. The van der Waals surface area contributed by atoms with Crippen molar-refractivity contribution in [2.24, 2.45) is 0 Å². The van der Waals surface area contributed by atoms with Crippen LogP contribution in [0.4, 0.5) is 11.4 Å². The van der Waals surface area contributed by atoms with E-state index in [-0.39, 0.29) is 0 Å². The van der Waals surface area contributed by atoms with Gasteiger partial charge in [0, 0.05) is 37.0 Å². The fraction of sp³-hybridized carbons (Fsp3) is 0.238. The van der Waals surface area contributed by atoms with Gasteiger partial charge in [0.1, 0.15) is 5.82 Å². The molecule has 0 radical (unpaired) electrons. The number of anilines is 2. The van der Waals surface area contributed by atoms with Gasteiger partial charge in [0.2, 0.25) is 0 Å². The van der Waals surface area contributed by atoms with E-state index in [4.69, 9.17) is 15.5 Å². The van der Waals surface area contributed by atoms with Gasteiger partial charge in [0.15, 0.2) is 0 Å². The second-order valence-electron chi connectivity index (χ2n) is 6.84. The van der Waals surface area contributed by atoms with Crippen LogP contribution >= 0.6 is 0 Å². The SMILES string of the molecule is Nc1c(-c2nc3ccc(N4CCCOCC4)cc3[nH]2)cnc2ccccc12. The third kappa shape index (κ3) is 2.88. The van der Waals surface area contributed by atoms with Crippen molar-refractivity contribution in [3.05, 3.63) is 48.7 Å². The van der Waals surface area contributed by atoms with Gasteiger partial charge in [-0.1, -0.05) is 18.2 Å². The molecule has 3 N–H and O–H groups in total. The molecule has 0 saturated carbocycles. The number of aromatic nitrogens is 3.